The fourth-order valence-corrected chi connectivity index (χ4v) is 3.11. The van der Waals surface area contributed by atoms with E-state index in [0.717, 1.165) is 31.4 Å². The van der Waals surface area contributed by atoms with Crippen LogP contribution in [0.15, 0.2) is 35.3 Å². The van der Waals surface area contributed by atoms with Crippen LogP contribution in [-0.4, -0.2) is 47.2 Å². The van der Waals surface area contributed by atoms with Crippen LogP contribution in [-0.2, 0) is 12.7 Å². The molecule has 0 spiro atoms. The van der Waals surface area contributed by atoms with Gasteiger partial charge in [-0.05, 0) is 25.1 Å². The highest BCUT2D eigenvalue weighted by Crippen LogP contribution is 2.31. The van der Waals surface area contributed by atoms with Crippen LogP contribution in [0.3, 0.4) is 0 Å². The van der Waals surface area contributed by atoms with Gasteiger partial charge in [-0.3, -0.25) is 9.47 Å². The third-order valence-electron chi connectivity index (χ3n) is 4.63. The minimum Gasteiger partial charge on any atom is -0.369 e. The first-order chi connectivity index (χ1) is 11.8. The molecule has 136 valence electrons. The van der Waals surface area contributed by atoms with Gasteiger partial charge in [0.25, 0.3) is 0 Å². The number of imidazole rings is 1. The Morgan fingerprint density at radius 2 is 1.84 bits per heavy atom. The van der Waals surface area contributed by atoms with Crippen LogP contribution in [0.25, 0.3) is 0 Å². The van der Waals surface area contributed by atoms with Crippen LogP contribution in [0.1, 0.15) is 11.3 Å². The number of aromatic amines is 1. The highest BCUT2D eigenvalue weighted by Gasteiger charge is 2.31. The number of aromatic nitrogens is 2. The number of aryl methyl sites for hydroxylation is 1. The predicted octanol–water partition coefficient (Wildman–Crippen LogP) is 2.33. The predicted molar refractivity (Wildman–Crippen MR) is 89.9 cm³/mol. The first kappa shape index (κ1) is 17.6. The molecule has 3 rings (SSSR count). The van der Waals surface area contributed by atoms with Crippen molar-refractivity contribution in [3.63, 3.8) is 0 Å². The summed E-state index contributed by atoms with van der Waals surface area (Å²) in [5.41, 5.74) is 0.773. The number of anilines is 1. The Morgan fingerprint density at radius 3 is 2.44 bits per heavy atom. The largest absolute Gasteiger partial charge is 0.416 e. The summed E-state index contributed by atoms with van der Waals surface area (Å²) in [6.45, 7) is 6.09. The van der Waals surface area contributed by atoms with Crippen LogP contribution in [0, 0.1) is 6.92 Å². The van der Waals surface area contributed by atoms with E-state index in [1.807, 2.05) is 11.8 Å². The molecule has 0 saturated carbocycles. The van der Waals surface area contributed by atoms with Gasteiger partial charge in [0.2, 0.25) is 0 Å². The fourth-order valence-electron chi connectivity index (χ4n) is 3.11. The summed E-state index contributed by atoms with van der Waals surface area (Å²) in [6.07, 6.45) is -2.63. The molecule has 2 heterocycles. The number of piperazine rings is 1. The summed E-state index contributed by atoms with van der Waals surface area (Å²) in [5.74, 6) is 0. The van der Waals surface area contributed by atoms with Gasteiger partial charge in [-0.2, -0.15) is 13.2 Å². The molecule has 1 aromatic heterocycles. The molecule has 8 heteroatoms. The number of alkyl halides is 3. The molecule has 1 N–H and O–H groups in total. The Bertz CT molecular complexity index is 773. The van der Waals surface area contributed by atoms with Crippen molar-refractivity contribution < 1.29 is 13.2 Å². The number of halogens is 3. The van der Waals surface area contributed by atoms with Crippen LogP contribution >= 0.6 is 0 Å². The van der Waals surface area contributed by atoms with Crippen LogP contribution in [0.4, 0.5) is 18.9 Å². The smallest absolute Gasteiger partial charge is 0.369 e. The third-order valence-corrected chi connectivity index (χ3v) is 4.63. The Balaban J connectivity index is 1.56. The van der Waals surface area contributed by atoms with Gasteiger partial charge >= 0.3 is 11.9 Å². The topological polar surface area (TPSA) is 44.3 Å². The standard InChI is InChI=1S/C17H21F3N4O/c1-13-12-21-16(25)24(13)10-7-22-5-8-23(9-6-22)15-4-2-3-14(11-15)17(18,19)20/h2-4,11-12H,5-10H2,1H3,(H,21,25). The zero-order chi connectivity index (χ0) is 18.0. The summed E-state index contributed by atoms with van der Waals surface area (Å²) < 4.78 is 40.2. The lowest BCUT2D eigenvalue weighted by molar-refractivity contribution is -0.137. The van der Waals surface area contributed by atoms with E-state index in [0.29, 0.717) is 25.3 Å². The summed E-state index contributed by atoms with van der Waals surface area (Å²) in [6, 6.07) is 5.47. The normalized spacial score (nSPS) is 16.4. The van der Waals surface area contributed by atoms with E-state index in [2.05, 4.69) is 9.88 Å². The van der Waals surface area contributed by atoms with E-state index >= 15 is 0 Å². The van der Waals surface area contributed by atoms with Crippen molar-refractivity contribution >= 4 is 5.69 Å². The quantitative estimate of drug-likeness (QED) is 0.917. The lowest BCUT2D eigenvalue weighted by Gasteiger charge is -2.36. The summed E-state index contributed by atoms with van der Waals surface area (Å²) in [7, 11) is 0. The van der Waals surface area contributed by atoms with Crippen LogP contribution < -0.4 is 10.6 Å². The molecular weight excluding hydrogens is 333 g/mol. The Hall–Kier alpha value is -2.22. The van der Waals surface area contributed by atoms with E-state index in [9.17, 15) is 18.0 Å². The van der Waals surface area contributed by atoms with E-state index < -0.39 is 11.7 Å². The van der Waals surface area contributed by atoms with Gasteiger partial charge in [0, 0.05) is 56.8 Å². The van der Waals surface area contributed by atoms with Crippen molar-refractivity contribution in [1.29, 1.82) is 0 Å². The molecule has 1 aromatic carbocycles. The van der Waals surface area contributed by atoms with Gasteiger partial charge in [0.05, 0.1) is 5.56 Å². The minimum atomic E-state index is -4.32. The van der Waals surface area contributed by atoms with Crippen molar-refractivity contribution in [3.05, 3.63) is 52.2 Å². The van der Waals surface area contributed by atoms with E-state index in [-0.39, 0.29) is 5.69 Å². The molecule has 0 radical (unpaired) electrons. The zero-order valence-corrected chi connectivity index (χ0v) is 14.0. The maximum atomic E-state index is 12.8. The molecule has 0 atom stereocenters. The minimum absolute atomic E-state index is 0.111. The third kappa shape index (κ3) is 4.07. The summed E-state index contributed by atoms with van der Waals surface area (Å²) >= 11 is 0. The van der Waals surface area contributed by atoms with Gasteiger partial charge in [-0.15, -0.1) is 0 Å². The number of nitrogens with one attached hydrogen (secondary N) is 1. The number of benzene rings is 1. The van der Waals surface area contributed by atoms with E-state index in [1.54, 1.807) is 16.8 Å². The first-order valence-corrected chi connectivity index (χ1v) is 8.24. The number of rotatable bonds is 4. The lowest BCUT2D eigenvalue weighted by atomic mass is 10.1. The van der Waals surface area contributed by atoms with Crippen molar-refractivity contribution in [1.82, 2.24) is 14.5 Å². The van der Waals surface area contributed by atoms with Crippen LogP contribution in [0.5, 0.6) is 0 Å². The fraction of sp³-hybridized carbons (Fsp3) is 0.471. The summed E-state index contributed by atoms with van der Waals surface area (Å²) in [5, 5.41) is 0. The molecule has 0 amide bonds. The number of hydrogen-bond donors (Lipinski definition) is 1. The Morgan fingerprint density at radius 1 is 1.12 bits per heavy atom. The average Bonchev–Trinajstić information content (AvgIpc) is 2.91. The van der Waals surface area contributed by atoms with Gasteiger partial charge in [0.1, 0.15) is 0 Å². The van der Waals surface area contributed by atoms with E-state index in [1.165, 1.54) is 12.1 Å². The highest BCUT2D eigenvalue weighted by atomic mass is 19.4. The Kier molecular flexibility index (Phi) is 4.89. The molecule has 0 unspecified atom stereocenters. The molecule has 25 heavy (non-hydrogen) atoms. The maximum absolute atomic E-state index is 12.8. The molecule has 0 bridgehead atoms. The van der Waals surface area contributed by atoms with E-state index in [4.69, 9.17) is 0 Å². The second kappa shape index (κ2) is 6.95. The lowest BCUT2D eigenvalue weighted by Crippen LogP contribution is -2.47. The van der Waals surface area contributed by atoms with Crippen molar-refractivity contribution in [2.45, 2.75) is 19.6 Å². The second-order valence-corrected chi connectivity index (χ2v) is 6.26. The highest BCUT2D eigenvalue weighted by molar-refractivity contribution is 5.49. The van der Waals surface area contributed by atoms with Gasteiger partial charge in [0.15, 0.2) is 0 Å². The van der Waals surface area contributed by atoms with Crippen LogP contribution in [0.2, 0.25) is 0 Å². The molecule has 1 aliphatic rings. The molecular formula is C17H21F3N4O. The molecule has 2 aromatic rings. The van der Waals surface area contributed by atoms with Crippen molar-refractivity contribution in [2.24, 2.45) is 0 Å². The SMILES string of the molecule is Cc1c[nH]c(=O)n1CCN1CCN(c2cccc(C(F)(F)F)c2)CC1. The van der Waals surface area contributed by atoms with Gasteiger partial charge in [-0.1, -0.05) is 6.07 Å². The second-order valence-electron chi connectivity index (χ2n) is 6.26. The van der Waals surface area contributed by atoms with Gasteiger partial charge < -0.3 is 9.88 Å². The maximum Gasteiger partial charge on any atom is 0.416 e. The molecule has 1 fully saturated rings. The average molecular weight is 354 g/mol. The number of H-pyrrole nitrogens is 1. The molecule has 1 saturated heterocycles. The first-order valence-electron chi connectivity index (χ1n) is 8.24. The van der Waals surface area contributed by atoms with Crippen molar-refractivity contribution in [3.8, 4) is 0 Å². The zero-order valence-electron chi connectivity index (χ0n) is 14.0. The monoisotopic (exact) mass is 354 g/mol. The van der Waals surface area contributed by atoms with Gasteiger partial charge in [-0.25, -0.2) is 4.79 Å². The number of nitrogens with zero attached hydrogens (tertiary/aromatic N) is 3. The Labute approximate surface area is 143 Å². The summed E-state index contributed by atoms with van der Waals surface area (Å²) in [4.78, 5) is 18.5. The molecule has 0 aliphatic carbocycles. The molecule has 5 nitrogen and oxygen atoms in total. The molecule has 1 aliphatic heterocycles. The van der Waals surface area contributed by atoms with Crippen molar-refractivity contribution in [2.75, 3.05) is 37.6 Å². The number of hydrogen-bond acceptors (Lipinski definition) is 3.